The summed E-state index contributed by atoms with van der Waals surface area (Å²) >= 11 is 0. The second kappa shape index (κ2) is 6.35. The zero-order chi connectivity index (χ0) is 12.8. The van der Waals surface area contributed by atoms with E-state index in [1.54, 1.807) is 6.07 Å². The van der Waals surface area contributed by atoms with E-state index in [0.717, 1.165) is 18.4 Å². The molecule has 0 aliphatic rings. The van der Waals surface area contributed by atoms with E-state index in [1.165, 1.54) is 19.1 Å². The molecule has 0 heterocycles. The minimum Gasteiger partial charge on any atom is -0.326 e. The number of amides is 1. The molecule has 0 spiro atoms. The van der Waals surface area contributed by atoms with Crippen molar-refractivity contribution >= 4 is 11.6 Å². The Morgan fingerprint density at radius 2 is 2.18 bits per heavy atom. The third-order valence-corrected chi connectivity index (χ3v) is 2.72. The molecule has 0 radical (unpaired) electrons. The van der Waals surface area contributed by atoms with Crippen molar-refractivity contribution in [2.24, 2.45) is 0 Å². The first-order chi connectivity index (χ1) is 8.02. The molecule has 0 aliphatic carbocycles. The van der Waals surface area contributed by atoms with Crippen molar-refractivity contribution in [3.63, 3.8) is 0 Å². The molecule has 2 N–H and O–H groups in total. The van der Waals surface area contributed by atoms with Crippen molar-refractivity contribution in [3.05, 3.63) is 29.6 Å². The fourth-order valence-corrected chi connectivity index (χ4v) is 1.60. The Morgan fingerprint density at radius 3 is 2.76 bits per heavy atom. The van der Waals surface area contributed by atoms with E-state index >= 15 is 0 Å². The van der Waals surface area contributed by atoms with E-state index < -0.39 is 0 Å². The van der Waals surface area contributed by atoms with E-state index in [4.69, 9.17) is 0 Å². The molecule has 0 fully saturated rings. The number of carbonyl (C=O) groups excluding carboxylic acids is 1. The molecule has 94 valence electrons. The van der Waals surface area contributed by atoms with Gasteiger partial charge >= 0.3 is 0 Å². The lowest BCUT2D eigenvalue weighted by Gasteiger charge is -2.13. The Bertz CT molecular complexity index is 393. The smallest absolute Gasteiger partial charge is 0.221 e. The lowest BCUT2D eigenvalue weighted by Crippen LogP contribution is -2.21. The third-order valence-electron chi connectivity index (χ3n) is 2.72. The number of hydrogen-bond donors (Lipinski definition) is 2. The predicted octanol–water partition coefficient (Wildman–Crippen LogP) is 2.32. The Morgan fingerprint density at radius 1 is 1.47 bits per heavy atom. The van der Waals surface area contributed by atoms with Crippen LogP contribution in [-0.4, -0.2) is 19.0 Å². The minimum atomic E-state index is -0.272. The fraction of sp³-hybridized carbons (Fsp3) is 0.462. The molecule has 1 aromatic rings. The van der Waals surface area contributed by atoms with Gasteiger partial charge in [0.05, 0.1) is 0 Å². The fourth-order valence-electron chi connectivity index (χ4n) is 1.60. The Kier molecular flexibility index (Phi) is 5.10. The summed E-state index contributed by atoms with van der Waals surface area (Å²) in [6.45, 7) is 3.51. The van der Waals surface area contributed by atoms with Gasteiger partial charge < -0.3 is 10.6 Å². The highest BCUT2D eigenvalue weighted by Crippen LogP contribution is 2.19. The number of aryl methyl sites for hydroxylation is 1. The number of nitrogens with one attached hydrogen (secondary N) is 2. The molecule has 4 heteroatoms. The molecule has 0 aromatic heterocycles. The number of carbonyl (C=O) groups is 1. The van der Waals surface area contributed by atoms with Gasteiger partial charge in [-0.2, -0.15) is 0 Å². The molecule has 17 heavy (non-hydrogen) atoms. The highest BCUT2D eigenvalue weighted by Gasteiger charge is 2.07. The Labute approximate surface area is 101 Å². The molecule has 1 rings (SSSR count). The van der Waals surface area contributed by atoms with Crippen LogP contribution in [-0.2, 0) is 11.2 Å². The molecule has 1 atom stereocenters. The van der Waals surface area contributed by atoms with Gasteiger partial charge in [0.15, 0.2) is 0 Å². The van der Waals surface area contributed by atoms with Crippen LogP contribution >= 0.6 is 0 Å². The van der Waals surface area contributed by atoms with Gasteiger partial charge in [-0.1, -0.05) is 0 Å². The van der Waals surface area contributed by atoms with E-state index in [0.29, 0.717) is 11.7 Å². The summed E-state index contributed by atoms with van der Waals surface area (Å²) in [5.41, 5.74) is 1.53. The van der Waals surface area contributed by atoms with Gasteiger partial charge in [0.2, 0.25) is 5.91 Å². The van der Waals surface area contributed by atoms with Crippen molar-refractivity contribution in [1.29, 1.82) is 0 Å². The van der Waals surface area contributed by atoms with Gasteiger partial charge in [-0.25, -0.2) is 4.39 Å². The van der Waals surface area contributed by atoms with Crippen molar-refractivity contribution in [2.45, 2.75) is 32.7 Å². The zero-order valence-corrected chi connectivity index (χ0v) is 10.5. The highest BCUT2D eigenvalue weighted by molar-refractivity contribution is 5.89. The van der Waals surface area contributed by atoms with Crippen LogP contribution in [0.15, 0.2) is 18.2 Å². The number of benzene rings is 1. The third kappa shape index (κ3) is 4.53. The van der Waals surface area contributed by atoms with Crippen LogP contribution in [0.1, 0.15) is 25.8 Å². The van der Waals surface area contributed by atoms with Gasteiger partial charge in [0.25, 0.3) is 0 Å². The van der Waals surface area contributed by atoms with Crippen LogP contribution in [0.4, 0.5) is 10.1 Å². The van der Waals surface area contributed by atoms with Gasteiger partial charge in [0, 0.05) is 18.7 Å². The van der Waals surface area contributed by atoms with Crippen LogP contribution in [0.3, 0.4) is 0 Å². The van der Waals surface area contributed by atoms with Crippen molar-refractivity contribution in [3.8, 4) is 0 Å². The second-order valence-electron chi connectivity index (χ2n) is 4.21. The Balaban J connectivity index is 2.79. The van der Waals surface area contributed by atoms with Crippen molar-refractivity contribution in [2.75, 3.05) is 12.4 Å². The maximum Gasteiger partial charge on any atom is 0.221 e. The van der Waals surface area contributed by atoms with Crippen LogP contribution in [0.25, 0.3) is 0 Å². The SMILES string of the molecule is CNC(C)CCc1cc(F)ccc1NC(C)=O. The van der Waals surface area contributed by atoms with E-state index in [2.05, 4.69) is 17.6 Å². The molecule has 0 bridgehead atoms. The summed E-state index contributed by atoms with van der Waals surface area (Å²) in [4.78, 5) is 11.0. The molecule has 1 unspecified atom stereocenters. The molecular formula is C13H19FN2O. The average Bonchev–Trinajstić information content (AvgIpc) is 2.28. The van der Waals surface area contributed by atoms with Crippen LogP contribution in [0, 0.1) is 5.82 Å². The Hall–Kier alpha value is -1.42. The zero-order valence-electron chi connectivity index (χ0n) is 10.5. The standard InChI is InChI=1S/C13H19FN2O/c1-9(15-3)4-5-11-8-12(14)6-7-13(11)16-10(2)17/h6-9,15H,4-5H2,1-3H3,(H,16,17). The summed E-state index contributed by atoms with van der Waals surface area (Å²) in [5.74, 6) is -0.411. The number of anilines is 1. The predicted molar refractivity (Wildman–Crippen MR) is 67.5 cm³/mol. The number of hydrogen-bond acceptors (Lipinski definition) is 2. The maximum atomic E-state index is 13.2. The highest BCUT2D eigenvalue weighted by atomic mass is 19.1. The number of halogens is 1. The first-order valence-corrected chi connectivity index (χ1v) is 5.76. The lowest BCUT2D eigenvalue weighted by atomic mass is 10.0. The largest absolute Gasteiger partial charge is 0.326 e. The monoisotopic (exact) mass is 238 g/mol. The van der Waals surface area contributed by atoms with Gasteiger partial charge in [-0.15, -0.1) is 0 Å². The molecular weight excluding hydrogens is 219 g/mol. The van der Waals surface area contributed by atoms with Gasteiger partial charge in [-0.3, -0.25) is 4.79 Å². The first kappa shape index (κ1) is 13.6. The molecule has 1 amide bonds. The first-order valence-electron chi connectivity index (χ1n) is 5.76. The van der Waals surface area contributed by atoms with Gasteiger partial charge in [-0.05, 0) is 50.6 Å². The summed E-state index contributed by atoms with van der Waals surface area (Å²) in [7, 11) is 1.89. The minimum absolute atomic E-state index is 0.139. The molecule has 1 aromatic carbocycles. The summed E-state index contributed by atoms with van der Waals surface area (Å²) < 4.78 is 13.2. The maximum absolute atomic E-state index is 13.2. The van der Waals surface area contributed by atoms with Crippen molar-refractivity contribution < 1.29 is 9.18 Å². The summed E-state index contributed by atoms with van der Waals surface area (Å²) in [6, 6.07) is 4.81. The quantitative estimate of drug-likeness (QED) is 0.826. The van der Waals surface area contributed by atoms with E-state index in [9.17, 15) is 9.18 Å². The van der Waals surface area contributed by atoms with E-state index in [-0.39, 0.29) is 11.7 Å². The molecule has 3 nitrogen and oxygen atoms in total. The summed E-state index contributed by atoms with van der Waals surface area (Å²) in [6.07, 6.45) is 1.63. The molecule has 0 saturated carbocycles. The van der Waals surface area contributed by atoms with Crippen LogP contribution in [0.5, 0.6) is 0 Å². The van der Waals surface area contributed by atoms with Crippen LogP contribution < -0.4 is 10.6 Å². The lowest BCUT2D eigenvalue weighted by molar-refractivity contribution is -0.114. The topological polar surface area (TPSA) is 41.1 Å². The number of rotatable bonds is 5. The normalized spacial score (nSPS) is 12.2. The average molecular weight is 238 g/mol. The molecule has 0 aliphatic heterocycles. The summed E-state index contributed by atoms with van der Waals surface area (Å²) in [5, 5.41) is 5.85. The van der Waals surface area contributed by atoms with Crippen molar-refractivity contribution in [1.82, 2.24) is 5.32 Å². The van der Waals surface area contributed by atoms with E-state index in [1.807, 2.05) is 7.05 Å². The second-order valence-corrected chi connectivity index (χ2v) is 4.21. The van der Waals surface area contributed by atoms with Crippen LogP contribution in [0.2, 0.25) is 0 Å². The van der Waals surface area contributed by atoms with Gasteiger partial charge in [0.1, 0.15) is 5.82 Å². The molecule has 0 saturated heterocycles.